The molecule has 0 amide bonds. The van der Waals surface area contributed by atoms with Gasteiger partial charge in [0.05, 0.1) is 7.11 Å². The summed E-state index contributed by atoms with van der Waals surface area (Å²) in [4.78, 5) is 5.93. The number of alkyl halides is 6. The molecule has 0 spiro atoms. The summed E-state index contributed by atoms with van der Waals surface area (Å²) in [5.74, 6) is -2.49. The quantitative estimate of drug-likeness (QED) is 0.613. The maximum Gasteiger partial charge on any atom is 0.422 e. The predicted molar refractivity (Wildman–Crippen MR) is 93.2 cm³/mol. The molecule has 0 aliphatic rings. The third-order valence-corrected chi connectivity index (χ3v) is 4.43. The van der Waals surface area contributed by atoms with Crippen LogP contribution in [0.15, 0.2) is 23.1 Å². The number of hydrogen-bond acceptors (Lipinski definition) is 7. The number of benzene rings is 1. The molecule has 2 aromatic rings. The molecule has 0 radical (unpaired) electrons. The smallest absolute Gasteiger partial charge is 0.422 e. The molecule has 8 nitrogen and oxygen atoms in total. The highest BCUT2D eigenvalue weighted by molar-refractivity contribution is 7.89. The van der Waals surface area contributed by atoms with Crippen molar-refractivity contribution < 1.29 is 49.0 Å². The normalized spacial score (nSPS) is 12.5. The molecule has 15 heteroatoms. The van der Waals surface area contributed by atoms with Crippen LogP contribution in [0.5, 0.6) is 17.5 Å². The third-order valence-electron chi connectivity index (χ3n) is 3.51. The summed E-state index contributed by atoms with van der Waals surface area (Å²) in [5, 5.41) is 4.95. The van der Waals surface area contributed by atoms with Crippen LogP contribution in [0.3, 0.4) is 0 Å². The Kier molecular flexibility index (Phi) is 6.90. The Bertz CT molecular complexity index is 1020. The number of primary sulfonamides is 1. The van der Waals surface area contributed by atoms with Gasteiger partial charge in [0, 0.05) is 5.56 Å². The fraction of sp³-hybridized carbons (Fsp3) is 0.375. The highest BCUT2D eigenvalue weighted by Crippen LogP contribution is 2.35. The number of nitrogens with two attached hydrogens (primary N) is 1. The average Bonchev–Trinajstić information content (AvgIpc) is 2.62. The molecule has 0 aliphatic heterocycles. The van der Waals surface area contributed by atoms with Crippen molar-refractivity contribution in [1.82, 2.24) is 9.97 Å². The number of methoxy groups -OCH3 is 1. The van der Waals surface area contributed by atoms with Gasteiger partial charge in [-0.2, -0.15) is 36.3 Å². The molecule has 1 aromatic heterocycles. The summed E-state index contributed by atoms with van der Waals surface area (Å²) >= 11 is 0. The Balaban J connectivity index is 2.71. The Labute approximate surface area is 172 Å². The van der Waals surface area contributed by atoms with E-state index >= 15 is 0 Å². The maximum absolute atomic E-state index is 12.6. The molecule has 0 atom stereocenters. The Morgan fingerprint density at radius 3 is 1.81 bits per heavy atom. The molecule has 0 unspecified atom stereocenters. The number of sulfonamides is 1. The minimum atomic E-state index is -4.95. The zero-order valence-corrected chi connectivity index (χ0v) is 16.7. The Morgan fingerprint density at radius 1 is 0.968 bits per heavy atom. The number of rotatable bonds is 7. The Hall–Kier alpha value is -2.81. The first-order valence-corrected chi connectivity index (χ1v) is 9.64. The van der Waals surface area contributed by atoms with Gasteiger partial charge in [-0.3, -0.25) is 0 Å². The largest absolute Gasteiger partial charge is 0.497 e. The lowest BCUT2D eigenvalue weighted by Crippen LogP contribution is -2.25. The third kappa shape index (κ3) is 6.85. The van der Waals surface area contributed by atoms with Crippen molar-refractivity contribution in [3.05, 3.63) is 23.8 Å². The van der Waals surface area contributed by atoms with Crippen molar-refractivity contribution in [3.8, 4) is 28.9 Å². The van der Waals surface area contributed by atoms with Crippen LogP contribution in [0.1, 0.15) is 5.56 Å². The molecule has 0 saturated heterocycles. The van der Waals surface area contributed by atoms with E-state index in [2.05, 4.69) is 19.4 Å². The summed E-state index contributed by atoms with van der Waals surface area (Å²) in [5.41, 5.74) is 0.543. The van der Waals surface area contributed by atoms with E-state index in [0.717, 1.165) is 0 Å². The number of halogens is 6. The predicted octanol–water partition coefficient (Wildman–Crippen LogP) is 2.99. The molecule has 0 bridgehead atoms. The zero-order valence-electron chi connectivity index (χ0n) is 15.8. The minimum Gasteiger partial charge on any atom is -0.497 e. The molecule has 0 saturated carbocycles. The highest BCUT2D eigenvalue weighted by atomic mass is 32.2. The Morgan fingerprint density at radius 2 is 1.45 bits per heavy atom. The molecular weight excluding hydrogens is 460 g/mol. The van der Waals surface area contributed by atoms with Crippen molar-refractivity contribution in [2.45, 2.75) is 24.2 Å². The SMILES string of the molecule is COc1ccc(-c2nc(OCC(F)(F)F)c(S(N)(=O)=O)c(OCC(F)(F)F)n2)c(C)c1. The van der Waals surface area contributed by atoms with Crippen LogP contribution in [0, 0.1) is 6.92 Å². The standard InChI is InChI=1S/C16H15F6N3O5S/c1-8-5-9(28-2)3-4-10(8)12-24-13(29-6-15(17,18)19)11(31(23,26)27)14(25-12)30-7-16(20,21)22/h3-5H,6-7H2,1-2H3,(H2,23,26,27). The van der Waals surface area contributed by atoms with E-state index in [0.29, 0.717) is 11.3 Å². The first-order valence-electron chi connectivity index (χ1n) is 8.09. The van der Waals surface area contributed by atoms with Gasteiger partial charge in [-0.25, -0.2) is 13.6 Å². The van der Waals surface area contributed by atoms with Gasteiger partial charge in [0.15, 0.2) is 19.0 Å². The van der Waals surface area contributed by atoms with E-state index in [4.69, 9.17) is 9.88 Å². The number of hydrogen-bond donors (Lipinski definition) is 1. The van der Waals surface area contributed by atoms with E-state index in [1.165, 1.54) is 32.2 Å². The molecule has 2 N–H and O–H groups in total. The van der Waals surface area contributed by atoms with Crippen molar-refractivity contribution >= 4 is 10.0 Å². The van der Waals surface area contributed by atoms with Crippen LogP contribution in [-0.2, 0) is 10.0 Å². The molecule has 172 valence electrons. The van der Waals surface area contributed by atoms with Crippen molar-refractivity contribution in [2.24, 2.45) is 5.14 Å². The molecule has 1 aromatic carbocycles. The van der Waals surface area contributed by atoms with E-state index < -0.39 is 58.1 Å². The van der Waals surface area contributed by atoms with Crippen LogP contribution in [0.2, 0.25) is 0 Å². The van der Waals surface area contributed by atoms with Gasteiger partial charge in [-0.1, -0.05) is 0 Å². The van der Waals surface area contributed by atoms with Gasteiger partial charge in [-0.15, -0.1) is 0 Å². The highest BCUT2D eigenvalue weighted by Gasteiger charge is 2.35. The number of nitrogens with zero attached hydrogens (tertiary/aromatic N) is 2. The second-order valence-electron chi connectivity index (χ2n) is 6.02. The van der Waals surface area contributed by atoms with Crippen LogP contribution < -0.4 is 19.3 Å². The fourth-order valence-corrected chi connectivity index (χ4v) is 2.98. The average molecular weight is 475 g/mol. The van der Waals surface area contributed by atoms with Gasteiger partial charge in [0.25, 0.3) is 0 Å². The van der Waals surface area contributed by atoms with Crippen LogP contribution >= 0.6 is 0 Å². The van der Waals surface area contributed by atoms with Crippen molar-refractivity contribution in [1.29, 1.82) is 0 Å². The number of aromatic nitrogens is 2. The summed E-state index contributed by atoms with van der Waals surface area (Å²) in [6.45, 7) is -2.46. The van der Waals surface area contributed by atoms with Gasteiger partial charge < -0.3 is 14.2 Å². The maximum atomic E-state index is 12.6. The van der Waals surface area contributed by atoms with E-state index in [-0.39, 0.29) is 5.56 Å². The molecule has 31 heavy (non-hydrogen) atoms. The van der Waals surface area contributed by atoms with Crippen molar-refractivity contribution in [2.75, 3.05) is 20.3 Å². The second kappa shape index (κ2) is 8.74. The zero-order chi connectivity index (χ0) is 23.6. The molecule has 0 aliphatic carbocycles. The number of ether oxygens (including phenoxy) is 3. The van der Waals surface area contributed by atoms with Gasteiger partial charge in [0.1, 0.15) is 5.75 Å². The molecule has 1 heterocycles. The van der Waals surface area contributed by atoms with Crippen LogP contribution in [-0.4, -0.2) is 51.1 Å². The van der Waals surface area contributed by atoms with E-state index in [1.54, 1.807) is 0 Å². The monoisotopic (exact) mass is 475 g/mol. The first kappa shape index (κ1) is 24.5. The fourth-order valence-electron chi connectivity index (χ4n) is 2.28. The van der Waals surface area contributed by atoms with Gasteiger partial charge >= 0.3 is 12.4 Å². The number of aryl methyl sites for hydroxylation is 1. The molecular formula is C16H15F6N3O5S. The van der Waals surface area contributed by atoms with Crippen LogP contribution in [0.4, 0.5) is 26.3 Å². The van der Waals surface area contributed by atoms with Crippen LogP contribution in [0.25, 0.3) is 11.4 Å². The van der Waals surface area contributed by atoms with Gasteiger partial charge in [0.2, 0.25) is 26.7 Å². The first-order chi connectivity index (χ1) is 14.1. The molecule has 0 fully saturated rings. The lowest BCUT2D eigenvalue weighted by atomic mass is 10.1. The van der Waals surface area contributed by atoms with E-state index in [9.17, 15) is 34.8 Å². The second-order valence-corrected chi connectivity index (χ2v) is 7.52. The summed E-state index contributed by atoms with van der Waals surface area (Å²) in [6.07, 6.45) is -9.83. The lowest BCUT2D eigenvalue weighted by Gasteiger charge is -2.17. The summed E-state index contributed by atoms with van der Waals surface area (Å²) in [7, 11) is -3.58. The van der Waals surface area contributed by atoms with Gasteiger partial charge in [-0.05, 0) is 30.7 Å². The van der Waals surface area contributed by atoms with Crippen molar-refractivity contribution in [3.63, 3.8) is 0 Å². The molecule has 2 rings (SSSR count). The van der Waals surface area contributed by atoms with E-state index in [1.807, 2.05) is 0 Å². The summed E-state index contributed by atoms with van der Waals surface area (Å²) in [6, 6.07) is 4.27. The minimum absolute atomic E-state index is 0.135. The summed E-state index contributed by atoms with van der Waals surface area (Å²) < 4.78 is 113. The lowest BCUT2D eigenvalue weighted by molar-refractivity contribution is -0.155. The topological polar surface area (TPSA) is 114 Å².